The van der Waals surface area contributed by atoms with E-state index in [0.29, 0.717) is 11.6 Å². The Morgan fingerprint density at radius 2 is 1.80 bits per heavy atom. The summed E-state index contributed by atoms with van der Waals surface area (Å²) in [5.41, 5.74) is 0.389. The molecule has 0 spiro atoms. The molecule has 2 rings (SSSR count). The number of rotatable bonds is 3. The van der Waals surface area contributed by atoms with Gasteiger partial charge in [-0.1, -0.05) is 30.3 Å². The minimum atomic E-state index is -1.10. The first kappa shape index (κ1) is 13.9. The summed E-state index contributed by atoms with van der Waals surface area (Å²) in [5, 5.41) is 9.16. The van der Waals surface area contributed by atoms with E-state index in [1.807, 2.05) is 6.07 Å². The lowest BCUT2D eigenvalue weighted by molar-refractivity contribution is 0.0975. The highest BCUT2D eigenvalue weighted by atomic mass is 19.1. The Bertz CT molecular complexity index is 690. The second kappa shape index (κ2) is 5.62. The monoisotopic (exact) mass is 271 g/mol. The third-order valence-corrected chi connectivity index (χ3v) is 3.04. The smallest absolute Gasteiger partial charge is 0.187 e. The topological polar surface area (TPSA) is 40.9 Å². The number of Topliss-reactive ketones (excluding diaryl/α,β-unsaturated/α-hetero) is 1. The Morgan fingerprint density at radius 1 is 1.15 bits per heavy atom. The summed E-state index contributed by atoms with van der Waals surface area (Å²) in [7, 11) is 0. The molecule has 0 aliphatic carbocycles. The first-order valence-electron chi connectivity index (χ1n) is 5.99. The van der Waals surface area contributed by atoms with Crippen LogP contribution in [0.3, 0.4) is 0 Å². The van der Waals surface area contributed by atoms with Crippen LogP contribution in [0.1, 0.15) is 27.4 Å². The van der Waals surface area contributed by atoms with Gasteiger partial charge < -0.3 is 0 Å². The van der Waals surface area contributed by atoms with E-state index in [1.54, 1.807) is 30.3 Å². The number of carbonyl (C=O) groups excluding carboxylic acids is 1. The zero-order valence-electron chi connectivity index (χ0n) is 10.7. The van der Waals surface area contributed by atoms with E-state index < -0.39 is 23.3 Å². The molecule has 2 nitrogen and oxygen atoms in total. The Labute approximate surface area is 115 Å². The first-order valence-corrected chi connectivity index (χ1v) is 5.99. The van der Waals surface area contributed by atoms with Gasteiger partial charge in [0.1, 0.15) is 17.6 Å². The van der Waals surface area contributed by atoms with Gasteiger partial charge in [0, 0.05) is 6.07 Å². The summed E-state index contributed by atoms with van der Waals surface area (Å²) < 4.78 is 26.9. The lowest BCUT2D eigenvalue weighted by atomic mass is 9.91. The highest BCUT2D eigenvalue weighted by molar-refractivity contribution is 6.03. The Kier molecular flexibility index (Phi) is 3.90. The van der Waals surface area contributed by atoms with Crippen molar-refractivity contribution in [2.45, 2.75) is 12.8 Å². The van der Waals surface area contributed by atoms with Gasteiger partial charge in [0.2, 0.25) is 0 Å². The molecule has 0 saturated carbocycles. The van der Waals surface area contributed by atoms with Crippen molar-refractivity contribution in [3.8, 4) is 6.07 Å². The molecule has 20 heavy (non-hydrogen) atoms. The van der Waals surface area contributed by atoms with Crippen molar-refractivity contribution in [1.82, 2.24) is 0 Å². The molecule has 0 N–H and O–H groups in total. The molecule has 1 unspecified atom stereocenters. The molecule has 4 heteroatoms. The highest BCUT2D eigenvalue weighted by Crippen LogP contribution is 2.23. The quantitative estimate of drug-likeness (QED) is 0.797. The normalized spacial score (nSPS) is 11.7. The van der Waals surface area contributed by atoms with E-state index in [9.17, 15) is 13.6 Å². The maximum atomic E-state index is 13.7. The van der Waals surface area contributed by atoms with Crippen LogP contribution in [0, 0.1) is 29.9 Å². The SMILES string of the molecule is Cc1cc(C(=O)C(C#N)c2ccccc2)c(F)cc1F. The molecule has 0 aromatic heterocycles. The van der Waals surface area contributed by atoms with Crippen LogP contribution in [0.25, 0.3) is 0 Å². The van der Waals surface area contributed by atoms with Gasteiger partial charge >= 0.3 is 0 Å². The van der Waals surface area contributed by atoms with Crippen LogP contribution >= 0.6 is 0 Å². The van der Waals surface area contributed by atoms with Crippen molar-refractivity contribution in [2.24, 2.45) is 0 Å². The summed E-state index contributed by atoms with van der Waals surface area (Å²) in [6.45, 7) is 1.44. The summed E-state index contributed by atoms with van der Waals surface area (Å²) in [6, 6.07) is 12.1. The average molecular weight is 271 g/mol. The number of hydrogen-bond acceptors (Lipinski definition) is 2. The molecule has 2 aromatic carbocycles. The molecule has 0 saturated heterocycles. The molecular formula is C16H11F2NO. The number of benzene rings is 2. The zero-order chi connectivity index (χ0) is 14.7. The van der Waals surface area contributed by atoms with Crippen molar-refractivity contribution in [2.75, 3.05) is 0 Å². The van der Waals surface area contributed by atoms with Crippen molar-refractivity contribution in [1.29, 1.82) is 5.26 Å². The molecule has 0 aliphatic heterocycles. The van der Waals surface area contributed by atoms with Crippen LogP contribution in [-0.2, 0) is 0 Å². The predicted molar refractivity (Wildman–Crippen MR) is 70.2 cm³/mol. The van der Waals surface area contributed by atoms with Crippen LogP contribution in [0.4, 0.5) is 8.78 Å². The molecular weight excluding hydrogens is 260 g/mol. The fraction of sp³-hybridized carbons (Fsp3) is 0.125. The Balaban J connectivity index is 2.45. The zero-order valence-corrected chi connectivity index (χ0v) is 10.7. The maximum absolute atomic E-state index is 13.7. The fourth-order valence-electron chi connectivity index (χ4n) is 1.93. The number of halogens is 2. The number of carbonyl (C=O) groups is 1. The standard InChI is InChI=1S/C16H11F2NO/c1-10-7-12(15(18)8-14(10)17)16(20)13(9-19)11-5-3-2-4-6-11/h2-8,13H,1H3. The number of ketones is 1. The molecule has 0 bridgehead atoms. The van der Waals surface area contributed by atoms with E-state index in [1.165, 1.54) is 6.92 Å². The van der Waals surface area contributed by atoms with Crippen LogP contribution in [-0.4, -0.2) is 5.78 Å². The molecule has 0 aliphatic rings. The second-order valence-corrected chi connectivity index (χ2v) is 4.42. The van der Waals surface area contributed by atoms with Crippen LogP contribution < -0.4 is 0 Å². The predicted octanol–water partition coefficient (Wildman–Crippen LogP) is 3.76. The molecule has 0 heterocycles. The Morgan fingerprint density at radius 3 is 2.40 bits per heavy atom. The second-order valence-electron chi connectivity index (χ2n) is 4.42. The van der Waals surface area contributed by atoms with Gasteiger partial charge in [0.05, 0.1) is 11.6 Å². The highest BCUT2D eigenvalue weighted by Gasteiger charge is 2.25. The fourth-order valence-corrected chi connectivity index (χ4v) is 1.93. The van der Waals surface area contributed by atoms with Gasteiger partial charge in [-0.2, -0.15) is 5.26 Å². The van der Waals surface area contributed by atoms with Gasteiger partial charge in [0.15, 0.2) is 5.78 Å². The van der Waals surface area contributed by atoms with Crippen molar-refractivity contribution < 1.29 is 13.6 Å². The van der Waals surface area contributed by atoms with E-state index in [2.05, 4.69) is 0 Å². The van der Waals surface area contributed by atoms with E-state index in [0.717, 1.165) is 6.07 Å². The Hall–Kier alpha value is -2.54. The summed E-state index contributed by atoms with van der Waals surface area (Å²) in [5.74, 6) is -3.43. The van der Waals surface area contributed by atoms with E-state index in [-0.39, 0.29) is 11.1 Å². The summed E-state index contributed by atoms with van der Waals surface area (Å²) in [6.07, 6.45) is 0. The molecule has 100 valence electrons. The minimum Gasteiger partial charge on any atom is -0.292 e. The molecule has 0 fully saturated rings. The molecule has 2 aromatic rings. The van der Waals surface area contributed by atoms with Crippen molar-refractivity contribution >= 4 is 5.78 Å². The number of hydrogen-bond donors (Lipinski definition) is 0. The van der Waals surface area contributed by atoms with Gasteiger partial charge in [-0.3, -0.25) is 4.79 Å². The molecule has 0 amide bonds. The summed E-state index contributed by atoms with van der Waals surface area (Å²) >= 11 is 0. The molecule has 1 atom stereocenters. The lowest BCUT2D eigenvalue weighted by Crippen LogP contribution is -2.13. The van der Waals surface area contributed by atoms with Crippen LogP contribution in [0.2, 0.25) is 0 Å². The number of aryl methyl sites for hydroxylation is 1. The van der Waals surface area contributed by atoms with Crippen molar-refractivity contribution in [3.63, 3.8) is 0 Å². The third-order valence-electron chi connectivity index (χ3n) is 3.04. The van der Waals surface area contributed by atoms with E-state index >= 15 is 0 Å². The first-order chi connectivity index (χ1) is 9.54. The lowest BCUT2D eigenvalue weighted by Gasteiger charge is -2.10. The van der Waals surface area contributed by atoms with Crippen LogP contribution in [0.5, 0.6) is 0 Å². The van der Waals surface area contributed by atoms with Gasteiger partial charge in [-0.05, 0) is 24.1 Å². The maximum Gasteiger partial charge on any atom is 0.187 e. The number of nitrogens with zero attached hydrogens (tertiary/aromatic N) is 1. The van der Waals surface area contributed by atoms with E-state index in [4.69, 9.17) is 5.26 Å². The third kappa shape index (κ3) is 2.57. The van der Waals surface area contributed by atoms with Gasteiger partial charge in [-0.25, -0.2) is 8.78 Å². The minimum absolute atomic E-state index is 0.166. The molecule has 0 radical (unpaired) electrons. The van der Waals surface area contributed by atoms with Crippen molar-refractivity contribution in [3.05, 3.63) is 70.8 Å². The number of nitriles is 1. The summed E-state index contributed by atoms with van der Waals surface area (Å²) in [4.78, 5) is 12.3. The largest absolute Gasteiger partial charge is 0.292 e. The van der Waals surface area contributed by atoms with Gasteiger partial charge in [0.25, 0.3) is 0 Å². The van der Waals surface area contributed by atoms with Gasteiger partial charge in [-0.15, -0.1) is 0 Å². The average Bonchev–Trinajstić information content (AvgIpc) is 2.44. The van der Waals surface area contributed by atoms with Crippen LogP contribution in [0.15, 0.2) is 42.5 Å².